The molecule has 0 aliphatic heterocycles. The molecule has 4 heteroatoms. The van der Waals surface area contributed by atoms with Gasteiger partial charge in [-0.15, -0.1) is 0 Å². The van der Waals surface area contributed by atoms with Crippen LogP contribution in [0.4, 0.5) is 0 Å². The highest BCUT2D eigenvalue weighted by atomic mass is 16.6. The first-order valence-corrected chi connectivity index (χ1v) is 6.88. The largest absolute Gasteiger partial charge is 0.458 e. The lowest BCUT2D eigenvalue weighted by atomic mass is 9.97. The first-order valence-electron chi connectivity index (χ1n) is 6.88. The Labute approximate surface area is 116 Å². The second-order valence-corrected chi connectivity index (χ2v) is 5.21. The fraction of sp³-hybridized carbons (Fsp3) is 0.733. The minimum Gasteiger partial charge on any atom is -0.458 e. The number of hydrogen-bond acceptors (Lipinski definition) is 4. The van der Waals surface area contributed by atoms with E-state index in [9.17, 15) is 9.59 Å². The standard InChI is InChI=1S/C15H26O4/c1-6-18-14(16)15(17)19-8-7-12(4)10-13(5)9-11(2)3/h9,11-12H,6-8,10H2,1-5H3. The van der Waals surface area contributed by atoms with Crippen LogP contribution in [0.15, 0.2) is 11.6 Å². The predicted molar refractivity (Wildman–Crippen MR) is 74.6 cm³/mol. The van der Waals surface area contributed by atoms with Gasteiger partial charge in [0.1, 0.15) is 0 Å². The van der Waals surface area contributed by atoms with Crippen LogP contribution in [0.3, 0.4) is 0 Å². The summed E-state index contributed by atoms with van der Waals surface area (Å²) >= 11 is 0. The molecule has 0 rings (SSSR count). The van der Waals surface area contributed by atoms with Gasteiger partial charge in [-0.25, -0.2) is 9.59 Å². The Morgan fingerprint density at radius 1 is 1.11 bits per heavy atom. The van der Waals surface area contributed by atoms with E-state index in [0.717, 1.165) is 12.8 Å². The normalized spacial score (nSPS) is 13.3. The van der Waals surface area contributed by atoms with Gasteiger partial charge in [-0.1, -0.05) is 32.4 Å². The van der Waals surface area contributed by atoms with Gasteiger partial charge in [-0.2, -0.15) is 0 Å². The maximum absolute atomic E-state index is 11.2. The number of carbonyl (C=O) groups is 2. The molecule has 0 aliphatic rings. The van der Waals surface area contributed by atoms with Gasteiger partial charge in [0.25, 0.3) is 0 Å². The molecule has 0 aromatic rings. The van der Waals surface area contributed by atoms with Crippen LogP contribution in [-0.2, 0) is 19.1 Å². The Balaban J connectivity index is 3.89. The van der Waals surface area contributed by atoms with E-state index in [1.807, 2.05) is 0 Å². The van der Waals surface area contributed by atoms with E-state index in [1.54, 1.807) is 6.92 Å². The molecule has 0 aliphatic carbocycles. The monoisotopic (exact) mass is 270 g/mol. The summed E-state index contributed by atoms with van der Waals surface area (Å²) in [6, 6.07) is 0. The van der Waals surface area contributed by atoms with Crippen molar-refractivity contribution in [1.29, 1.82) is 0 Å². The summed E-state index contributed by atoms with van der Waals surface area (Å²) in [6.07, 6.45) is 3.96. The van der Waals surface area contributed by atoms with Gasteiger partial charge in [0.15, 0.2) is 0 Å². The SMILES string of the molecule is CCOC(=O)C(=O)OCCC(C)CC(C)=CC(C)C. The van der Waals surface area contributed by atoms with Crippen LogP contribution in [0.2, 0.25) is 0 Å². The van der Waals surface area contributed by atoms with Crippen molar-refractivity contribution in [2.75, 3.05) is 13.2 Å². The van der Waals surface area contributed by atoms with Crippen LogP contribution in [0.5, 0.6) is 0 Å². The highest BCUT2D eigenvalue weighted by Crippen LogP contribution is 2.16. The van der Waals surface area contributed by atoms with Crippen LogP contribution in [0, 0.1) is 11.8 Å². The zero-order chi connectivity index (χ0) is 14.8. The zero-order valence-electron chi connectivity index (χ0n) is 12.7. The summed E-state index contributed by atoms with van der Waals surface area (Å²) < 4.78 is 9.40. The van der Waals surface area contributed by atoms with Crippen LogP contribution >= 0.6 is 0 Å². The average molecular weight is 270 g/mol. The van der Waals surface area contributed by atoms with E-state index < -0.39 is 11.9 Å². The second kappa shape index (κ2) is 9.59. The summed E-state index contributed by atoms with van der Waals surface area (Å²) in [5, 5.41) is 0. The van der Waals surface area contributed by atoms with Crippen molar-refractivity contribution in [2.24, 2.45) is 11.8 Å². The van der Waals surface area contributed by atoms with Crippen molar-refractivity contribution in [3.8, 4) is 0 Å². The summed E-state index contributed by atoms with van der Waals surface area (Å²) in [7, 11) is 0. The lowest BCUT2D eigenvalue weighted by molar-refractivity contribution is -0.167. The third kappa shape index (κ3) is 9.28. The molecule has 0 saturated heterocycles. The van der Waals surface area contributed by atoms with E-state index in [-0.39, 0.29) is 13.2 Å². The minimum absolute atomic E-state index is 0.184. The number of hydrogen-bond donors (Lipinski definition) is 0. The van der Waals surface area contributed by atoms with Crippen LogP contribution in [-0.4, -0.2) is 25.2 Å². The van der Waals surface area contributed by atoms with Gasteiger partial charge in [0, 0.05) is 0 Å². The van der Waals surface area contributed by atoms with E-state index >= 15 is 0 Å². The lowest BCUT2D eigenvalue weighted by Crippen LogP contribution is -2.21. The Hall–Kier alpha value is -1.32. The summed E-state index contributed by atoms with van der Waals surface area (Å²) in [6.45, 7) is 10.6. The molecule has 4 nitrogen and oxygen atoms in total. The molecule has 0 bridgehead atoms. The highest BCUT2D eigenvalue weighted by molar-refractivity contribution is 6.29. The topological polar surface area (TPSA) is 52.6 Å². The van der Waals surface area contributed by atoms with Gasteiger partial charge >= 0.3 is 11.9 Å². The molecule has 0 heterocycles. The second-order valence-electron chi connectivity index (χ2n) is 5.21. The third-order valence-electron chi connectivity index (χ3n) is 2.57. The first-order chi connectivity index (χ1) is 8.86. The van der Waals surface area contributed by atoms with Crippen molar-refractivity contribution < 1.29 is 19.1 Å². The molecule has 0 saturated carbocycles. The lowest BCUT2D eigenvalue weighted by Gasteiger charge is -2.12. The van der Waals surface area contributed by atoms with E-state index in [0.29, 0.717) is 11.8 Å². The van der Waals surface area contributed by atoms with Gasteiger partial charge in [-0.3, -0.25) is 0 Å². The quantitative estimate of drug-likeness (QED) is 0.405. The summed E-state index contributed by atoms with van der Waals surface area (Å²) in [4.78, 5) is 22.2. The Kier molecular flexibility index (Phi) is 8.92. The Morgan fingerprint density at radius 3 is 2.21 bits per heavy atom. The number of esters is 2. The maximum Gasteiger partial charge on any atom is 0.417 e. The van der Waals surface area contributed by atoms with Gasteiger partial charge < -0.3 is 9.47 Å². The molecular formula is C15H26O4. The molecule has 0 spiro atoms. The maximum atomic E-state index is 11.2. The van der Waals surface area contributed by atoms with E-state index in [2.05, 4.69) is 38.5 Å². The summed E-state index contributed by atoms with van der Waals surface area (Å²) in [5.74, 6) is -0.839. The molecule has 1 unspecified atom stereocenters. The summed E-state index contributed by atoms with van der Waals surface area (Å²) in [5.41, 5.74) is 1.35. The molecule has 0 amide bonds. The average Bonchev–Trinajstić information content (AvgIpc) is 2.27. The van der Waals surface area contributed by atoms with Gasteiger partial charge in [-0.05, 0) is 38.5 Å². The van der Waals surface area contributed by atoms with Crippen molar-refractivity contribution in [3.05, 3.63) is 11.6 Å². The number of rotatable bonds is 7. The van der Waals surface area contributed by atoms with Gasteiger partial charge in [0.2, 0.25) is 0 Å². The van der Waals surface area contributed by atoms with Gasteiger partial charge in [0.05, 0.1) is 13.2 Å². The Morgan fingerprint density at radius 2 is 1.68 bits per heavy atom. The van der Waals surface area contributed by atoms with E-state index in [1.165, 1.54) is 5.57 Å². The molecule has 0 aromatic carbocycles. The molecular weight excluding hydrogens is 244 g/mol. The zero-order valence-corrected chi connectivity index (χ0v) is 12.7. The highest BCUT2D eigenvalue weighted by Gasteiger charge is 2.16. The van der Waals surface area contributed by atoms with Crippen LogP contribution < -0.4 is 0 Å². The molecule has 1 atom stereocenters. The number of allylic oxidation sites excluding steroid dienone is 2. The molecule has 110 valence electrons. The van der Waals surface area contributed by atoms with Crippen molar-refractivity contribution in [2.45, 2.75) is 47.5 Å². The molecule has 19 heavy (non-hydrogen) atoms. The van der Waals surface area contributed by atoms with Crippen LogP contribution in [0.25, 0.3) is 0 Å². The van der Waals surface area contributed by atoms with Crippen molar-refractivity contribution in [3.63, 3.8) is 0 Å². The predicted octanol–water partition coefficient (Wildman–Crippen LogP) is 3.11. The van der Waals surface area contributed by atoms with E-state index in [4.69, 9.17) is 4.74 Å². The minimum atomic E-state index is -0.911. The smallest absolute Gasteiger partial charge is 0.417 e. The molecule has 0 aromatic heterocycles. The molecule has 0 N–H and O–H groups in total. The third-order valence-corrected chi connectivity index (χ3v) is 2.57. The molecule has 0 radical (unpaired) electrons. The molecule has 0 fully saturated rings. The van der Waals surface area contributed by atoms with Crippen molar-refractivity contribution in [1.82, 2.24) is 0 Å². The van der Waals surface area contributed by atoms with Crippen LogP contribution in [0.1, 0.15) is 47.5 Å². The van der Waals surface area contributed by atoms with Crippen molar-refractivity contribution >= 4 is 11.9 Å². The number of ether oxygens (including phenoxy) is 2. The Bertz CT molecular complexity index is 318. The fourth-order valence-electron chi connectivity index (χ4n) is 1.89. The first kappa shape index (κ1) is 17.7. The number of carbonyl (C=O) groups excluding carboxylic acids is 2. The fourth-order valence-corrected chi connectivity index (χ4v) is 1.89.